The van der Waals surface area contributed by atoms with Gasteiger partial charge in [0.1, 0.15) is 5.82 Å². The van der Waals surface area contributed by atoms with Crippen molar-refractivity contribution < 1.29 is 0 Å². The second-order valence-corrected chi connectivity index (χ2v) is 13.6. The fourth-order valence-electron chi connectivity index (χ4n) is 8.07. The number of imidazole rings is 1. The topological polar surface area (TPSA) is 43.8 Å². The van der Waals surface area contributed by atoms with Gasteiger partial charge in [-0.2, -0.15) is 0 Å². The molecule has 0 bridgehead atoms. The molecule has 226 valence electrons. The summed E-state index contributed by atoms with van der Waals surface area (Å²) in [7, 11) is 0. The van der Waals surface area contributed by atoms with E-state index in [0.29, 0.717) is 0 Å². The maximum absolute atomic E-state index is 6.55. The normalized spacial score (nSPS) is 13.6. The number of nitrogens with zero attached hydrogens (tertiary/aromatic N) is 2. The fourth-order valence-corrected chi connectivity index (χ4v) is 9.26. The van der Waals surface area contributed by atoms with E-state index < -0.39 is 5.41 Å². The second-order valence-electron chi connectivity index (χ2n) is 12.5. The van der Waals surface area contributed by atoms with Gasteiger partial charge in [-0.1, -0.05) is 127 Å². The van der Waals surface area contributed by atoms with Crippen LogP contribution in [0.2, 0.25) is 0 Å². The first-order valence-electron chi connectivity index (χ1n) is 16.3. The number of para-hydroxylation sites is 2. The second kappa shape index (κ2) is 10.3. The van der Waals surface area contributed by atoms with E-state index in [-0.39, 0.29) is 0 Å². The summed E-state index contributed by atoms with van der Waals surface area (Å²) in [5.41, 5.74) is 21.2. The molecule has 0 saturated carbocycles. The first-order chi connectivity index (χ1) is 23.7. The molecule has 1 aliphatic carbocycles. The van der Waals surface area contributed by atoms with E-state index in [9.17, 15) is 0 Å². The number of benzene rings is 7. The number of rotatable bonds is 3. The Morgan fingerprint density at radius 3 is 1.96 bits per heavy atom. The fraction of sp³-hybridized carbons (Fsp3) is 0.0227. The number of nitrogens with two attached hydrogens (primary N) is 1. The minimum Gasteiger partial charge on any atom is -0.399 e. The molecule has 0 unspecified atom stereocenters. The molecule has 0 amide bonds. The highest BCUT2D eigenvalue weighted by molar-refractivity contribution is 7.99. The van der Waals surface area contributed by atoms with Gasteiger partial charge in [-0.25, -0.2) is 4.98 Å². The average molecular weight is 632 g/mol. The van der Waals surface area contributed by atoms with Gasteiger partial charge in [0.25, 0.3) is 0 Å². The van der Waals surface area contributed by atoms with Crippen LogP contribution in [0.15, 0.2) is 174 Å². The van der Waals surface area contributed by atoms with Crippen LogP contribution in [-0.4, -0.2) is 9.55 Å². The summed E-state index contributed by atoms with van der Waals surface area (Å²) in [6, 6.07) is 58.9. The van der Waals surface area contributed by atoms with Gasteiger partial charge in [0.2, 0.25) is 0 Å². The Labute approximate surface area is 283 Å². The Morgan fingerprint density at radius 1 is 0.521 bits per heavy atom. The third-order valence-corrected chi connectivity index (χ3v) is 11.2. The smallest absolute Gasteiger partial charge is 0.145 e. The van der Waals surface area contributed by atoms with E-state index in [2.05, 4.69) is 156 Å². The van der Waals surface area contributed by atoms with Crippen LogP contribution in [0.3, 0.4) is 0 Å². The molecule has 0 atom stereocenters. The average Bonchev–Trinajstić information content (AvgIpc) is 3.67. The Morgan fingerprint density at radius 2 is 1.19 bits per heavy atom. The molecule has 1 spiro atoms. The maximum Gasteiger partial charge on any atom is 0.145 e. The molecule has 7 aromatic carbocycles. The molecular weight excluding hydrogens is 603 g/mol. The van der Waals surface area contributed by atoms with Crippen molar-refractivity contribution in [2.45, 2.75) is 15.2 Å². The van der Waals surface area contributed by atoms with Crippen molar-refractivity contribution in [3.8, 4) is 39.3 Å². The quantitative estimate of drug-likeness (QED) is 0.197. The van der Waals surface area contributed by atoms with Gasteiger partial charge in [0.05, 0.1) is 16.4 Å². The minimum absolute atomic E-state index is 0.437. The van der Waals surface area contributed by atoms with Crippen LogP contribution in [0.1, 0.15) is 22.3 Å². The SMILES string of the molecule is Nc1ccc2c(c1)-c1c(-c3ccc(-n4c(-c5ccccc5)nc5ccccc54)cc3)cccc1C21c2ccccc2Sc2ccccc21. The molecule has 48 heavy (non-hydrogen) atoms. The summed E-state index contributed by atoms with van der Waals surface area (Å²) in [6.45, 7) is 0. The van der Waals surface area contributed by atoms with Crippen molar-refractivity contribution in [3.63, 3.8) is 0 Å². The first-order valence-corrected chi connectivity index (χ1v) is 17.1. The monoisotopic (exact) mass is 631 g/mol. The Kier molecular flexibility index (Phi) is 5.87. The van der Waals surface area contributed by atoms with Gasteiger partial charge in [-0.15, -0.1) is 0 Å². The first kappa shape index (κ1) is 27.3. The van der Waals surface area contributed by atoms with Crippen molar-refractivity contribution in [2.75, 3.05) is 5.73 Å². The van der Waals surface area contributed by atoms with Crippen molar-refractivity contribution >= 4 is 28.5 Å². The molecule has 0 radical (unpaired) electrons. The third-order valence-electron chi connectivity index (χ3n) is 10.0. The molecule has 4 heteroatoms. The third kappa shape index (κ3) is 3.75. The highest BCUT2D eigenvalue weighted by atomic mass is 32.2. The van der Waals surface area contributed by atoms with Gasteiger partial charge >= 0.3 is 0 Å². The molecule has 1 aliphatic heterocycles. The van der Waals surface area contributed by atoms with Crippen LogP contribution in [0, 0.1) is 0 Å². The molecule has 8 aromatic rings. The largest absolute Gasteiger partial charge is 0.399 e. The summed E-state index contributed by atoms with van der Waals surface area (Å²) >= 11 is 1.86. The van der Waals surface area contributed by atoms with Gasteiger partial charge in [0.15, 0.2) is 0 Å². The van der Waals surface area contributed by atoms with E-state index in [1.54, 1.807) is 0 Å². The van der Waals surface area contributed by atoms with Crippen LogP contribution in [0.4, 0.5) is 5.69 Å². The molecular formula is C44H29N3S. The molecule has 1 aromatic heterocycles. The molecule has 10 rings (SSSR count). The van der Waals surface area contributed by atoms with E-state index in [4.69, 9.17) is 10.7 Å². The molecule has 0 saturated heterocycles. The molecule has 0 fully saturated rings. The lowest BCUT2D eigenvalue weighted by molar-refractivity contribution is 0.722. The Hall–Kier alpha value is -5.84. The lowest BCUT2D eigenvalue weighted by Gasteiger charge is -2.39. The maximum atomic E-state index is 6.55. The van der Waals surface area contributed by atoms with Crippen molar-refractivity contribution in [3.05, 3.63) is 186 Å². The van der Waals surface area contributed by atoms with E-state index in [0.717, 1.165) is 33.8 Å². The zero-order valence-corrected chi connectivity index (χ0v) is 26.8. The number of fused-ring (bicyclic) bond motifs is 10. The number of hydrogen-bond donors (Lipinski definition) is 1. The number of aromatic nitrogens is 2. The van der Waals surface area contributed by atoms with Crippen molar-refractivity contribution in [2.24, 2.45) is 0 Å². The summed E-state index contributed by atoms with van der Waals surface area (Å²) in [6.07, 6.45) is 0. The highest BCUT2D eigenvalue weighted by Gasteiger charge is 2.50. The van der Waals surface area contributed by atoms with E-state index >= 15 is 0 Å². The van der Waals surface area contributed by atoms with Crippen LogP contribution >= 0.6 is 11.8 Å². The summed E-state index contributed by atoms with van der Waals surface area (Å²) in [5, 5.41) is 0. The van der Waals surface area contributed by atoms with Crippen LogP contribution in [0.5, 0.6) is 0 Å². The lowest BCUT2D eigenvalue weighted by atomic mass is 9.67. The van der Waals surface area contributed by atoms with Crippen molar-refractivity contribution in [1.82, 2.24) is 9.55 Å². The van der Waals surface area contributed by atoms with Crippen molar-refractivity contribution in [1.29, 1.82) is 0 Å². The van der Waals surface area contributed by atoms with Crippen LogP contribution < -0.4 is 5.73 Å². The summed E-state index contributed by atoms with van der Waals surface area (Å²) < 4.78 is 2.27. The zero-order valence-electron chi connectivity index (χ0n) is 26.0. The molecule has 3 nitrogen and oxygen atoms in total. The van der Waals surface area contributed by atoms with Crippen LogP contribution in [0.25, 0.3) is 50.4 Å². The lowest BCUT2D eigenvalue weighted by Crippen LogP contribution is -2.31. The number of nitrogen functional groups attached to an aromatic ring is 1. The van der Waals surface area contributed by atoms with Crippen LogP contribution in [-0.2, 0) is 5.41 Å². The number of hydrogen-bond acceptors (Lipinski definition) is 3. The van der Waals surface area contributed by atoms with E-state index in [1.807, 2.05) is 23.9 Å². The van der Waals surface area contributed by atoms with Gasteiger partial charge in [-0.05, 0) is 93.0 Å². The van der Waals surface area contributed by atoms with Gasteiger partial charge in [-0.3, -0.25) is 4.57 Å². The minimum atomic E-state index is -0.437. The number of anilines is 1. The summed E-state index contributed by atoms with van der Waals surface area (Å²) in [5.74, 6) is 0.934. The molecule has 2 heterocycles. The predicted octanol–water partition coefficient (Wildman–Crippen LogP) is 10.8. The predicted molar refractivity (Wildman–Crippen MR) is 198 cm³/mol. The molecule has 2 aliphatic rings. The summed E-state index contributed by atoms with van der Waals surface area (Å²) in [4.78, 5) is 7.64. The Balaban J connectivity index is 1.20. The standard InChI is InChI=1S/C44H29N3S/c45-30-23-26-34-33(27-30)42-32(13-10-16-37(42)44(34)35-14-4-8-19-40(35)48-41-20-9-5-15-36(41)44)28-21-24-31(25-22-28)47-39-18-7-6-17-38(39)46-43(47)29-11-2-1-3-12-29/h1-27H,45H2. The van der Waals surface area contributed by atoms with Gasteiger partial charge in [0, 0.05) is 26.7 Å². The van der Waals surface area contributed by atoms with Gasteiger partial charge < -0.3 is 5.73 Å². The molecule has 2 N–H and O–H groups in total. The zero-order chi connectivity index (χ0) is 31.8. The highest BCUT2D eigenvalue weighted by Crippen LogP contribution is 2.63. The Bertz CT molecular complexity index is 2500. The van der Waals surface area contributed by atoms with E-state index in [1.165, 1.54) is 54.3 Å².